The summed E-state index contributed by atoms with van der Waals surface area (Å²) in [4.78, 5) is 10.4. The number of aliphatic carboxylic acids is 1. The molecule has 0 radical (unpaired) electrons. The van der Waals surface area contributed by atoms with Crippen LogP contribution in [0.5, 0.6) is 0 Å². The summed E-state index contributed by atoms with van der Waals surface area (Å²) in [5.74, 6) is -0.990. The molecule has 0 bridgehead atoms. The number of carboxylic acid groups (broad SMARTS) is 1. The number of nitriles is 2. The van der Waals surface area contributed by atoms with Crippen LogP contribution < -0.4 is 0 Å². The molecule has 6 nitrogen and oxygen atoms in total. The van der Waals surface area contributed by atoms with Gasteiger partial charge in [-0.25, -0.2) is 0 Å². The number of hydrogen-bond donors (Lipinski definition) is 1. The summed E-state index contributed by atoms with van der Waals surface area (Å²) < 4.78 is 0. The number of carbonyl (C=O) groups is 1. The quantitative estimate of drug-likeness (QED) is 0.716. The van der Waals surface area contributed by atoms with E-state index in [9.17, 15) is 4.79 Å². The number of hydrogen-bond acceptors (Lipinski definition) is 5. The van der Waals surface area contributed by atoms with Gasteiger partial charge in [-0.2, -0.15) is 20.8 Å². The lowest BCUT2D eigenvalue weighted by molar-refractivity contribution is -0.137. The lowest BCUT2D eigenvalue weighted by Gasteiger charge is -2.15. The molecular formula is C10H14N4O2. The molecule has 0 aromatic carbocycles. The summed E-state index contributed by atoms with van der Waals surface area (Å²) in [7, 11) is 0. The van der Waals surface area contributed by atoms with Crippen LogP contribution in [-0.4, -0.2) is 22.2 Å². The molecule has 16 heavy (non-hydrogen) atoms. The van der Waals surface area contributed by atoms with Crippen LogP contribution in [-0.2, 0) is 4.79 Å². The Bertz CT molecular complexity index is 375. The van der Waals surface area contributed by atoms with Crippen molar-refractivity contribution in [3.8, 4) is 12.1 Å². The van der Waals surface area contributed by atoms with Crippen molar-refractivity contribution in [3.63, 3.8) is 0 Å². The molecule has 0 saturated heterocycles. The summed E-state index contributed by atoms with van der Waals surface area (Å²) >= 11 is 0. The van der Waals surface area contributed by atoms with Crippen LogP contribution in [0.1, 0.15) is 33.6 Å². The SMILES string of the molecule is CC(C)(C#N)N=N[C@@](C)(C#N)CCC(=O)O. The highest BCUT2D eigenvalue weighted by Crippen LogP contribution is 2.20. The Kier molecular flexibility index (Phi) is 4.59. The van der Waals surface area contributed by atoms with Crippen molar-refractivity contribution in [2.24, 2.45) is 10.2 Å². The van der Waals surface area contributed by atoms with Gasteiger partial charge in [0.1, 0.15) is 0 Å². The number of azo groups is 1. The molecule has 0 aromatic heterocycles. The van der Waals surface area contributed by atoms with Crippen molar-refractivity contribution in [2.45, 2.75) is 44.7 Å². The molecule has 86 valence electrons. The Morgan fingerprint density at radius 3 is 2.19 bits per heavy atom. The second-order valence-electron chi connectivity index (χ2n) is 4.15. The highest BCUT2D eigenvalue weighted by atomic mass is 16.4. The van der Waals surface area contributed by atoms with Crippen LogP contribution in [0.25, 0.3) is 0 Å². The fourth-order valence-corrected chi connectivity index (χ4v) is 0.736. The van der Waals surface area contributed by atoms with Gasteiger partial charge in [0, 0.05) is 6.42 Å². The molecule has 0 rings (SSSR count). The Hall–Kier alpha value is -1.95. The third-order valence-corrected chi connectivity index (χ3v) is 1.86. The van der Waals surface area contributed by atoms with E-state index >= 15 is 0 Å². The number of carboxylic acids is 1. The lowest BCUT2D eigenvalue weighted by atomic mass is 9.99. The first-order valence-electron chi connectivity index (χ1n) is 4.73. The van der Waals surface area contributed by atoms with Crippen LogP contribution in [0.3, 0.4) is 0 Å². The smallest absolute Gasteiger partial charge is 0.303 e. The lowest BCUT2D eigenvalue weighted by Crippen LogP contribution is -2.22. The third-order valence-electron chi connectivity index (χ3n) is 1.86. The summed E-state index contributed by atoms with van der Waals surface area (Å²) in [6.45, 7) is 4.61. The predicted molar refractivity (Wildman–Crippen MR) is 55.4 cm³/mol. The maximum Gasteiger partial charge on any atom is 0.303 e. The Balaban J connectivity index is 4.69. The molecule has 1 N–H and O–H groups in total. The Morgan fingerprint density at radius 1 is 1.25 bits per heavy atom. The fourth-order valence-electron chi connectivity index (χ4n) is 0.736. The molecule has 0 aliphatic carbocycles. The molecule has 0 heterocycles. The second kappa shape index (κ2) is 5.22. The van der Waals surface area contributed by atoms with Gasteiger partial charge in [-0.05, 0) is 27.2 Å². The van der Waals surface area contributed by atoms with Crippen LogP contribution in [0.2, 0.25) is 0 Å². The standard InChI is InChI=1S/C10H14N4O2/c1-9(2,6-11)13-14-10(3,7-12)5-4-8(15)16/h4-5H2,1-3H3,(H,15,16)/t10-/m1/s1. The van der Waals surface area contributed by atoms with E-state index in [1.54, 1.807) is 13.8 Å². The maximum absolute atomic E-state index is 10.4. The summed E-state index contributed by atoms with van der Waals surface area (Å²) in [5.41, 5.74) is -2.19. The molecule has 0 saturated carbocycles. The minimum atomic E-state index is -1.19. The monoisotopic (exact) mass is 222 g/mol. The van der Waals surface area contributed by atoms with E-state index in [4.69, 9.17) is 15.6 Å². The molecule has 6 heteroatoms. The first-order chi connectivity index (χ1) is 7.24. The van der Waals surface area contributed by atoms with E-state index in [2.05, 4.69) is 10.2 Å². The van der Waals surface area contributed by atoms with Crippen molar-refractivity contribution in [2.75, 3.05) is 0 Å². The van der Waals surface area contributed by atoms with Crippen molar-refractivity contribution >= 4 is 5.97 Å². The zero-order valence-electron chi connectivity index (χ0n) is 9.56. The highest BCUT2D eigenvalue weighted by molar-refractivity contribution is 5.66. The van der Waals surface area contributed by atoms with E-state index in [1.165, 1.54) is 6.92 Å². The Labute approximate surface area is 94.2 Å². The van der Waals surface area contributed by atoms with Gasteiger partial charge in [0.05, 0.1) is 12.1 Å². The molecule has 0 aromatic rings. The average Bonchev–Trinajstić information content (AvgIpc) is 2.24. The first kappa shape index (κ1) is 14.1. The molecule has 0 fully saturated rings. The van der Waals surface area contributed by atoms with Gasteiger partial charge in [0.2, 0.25) is 0 Å². The van der Waals surface area contributed by atoms with E-state index in [1.807, 2.05) is 12.1 Å². The molecule has 0 aliphatic rings. The van der Waals surface area contributed by atoms with Gasteiger partial charge in [0.15, 0.2) is 11.1 Å². The van der Waals surface area contributed by atoms with E-state index in [-0.39, 0.29) is 12.8 Å². The van der Waals surface area contributed by atoms with Crippen molar-refractivity contribution in [1.82, 2.24) is 0 Å². The van der Waals surface area contributed by atoms with Gasteiger partial charge in [-0.3, -0.25) is 4.79 Å². The summed E-state index contributed by atoms with van der Waals surface area (Å²) in [6.07, 6.45) is -0.0834. The summed E-state index contributed by atoms with van der Waals surface area (Å²) in [5, 5.41) is 33.6. The van der Waals surface area contributed by atoms with Crippen LogP contribution in [0.4, 0.5) is 0 Å². The van der Waals surface area contributed by atoms with E-state index in [0.29, 0.717) is 0 Å². The molecule has 0 amide bonds. The van der Waals surface area contributed by atoms with E-state index < -0.39 is 17.0 Å². The number of nitrogens with zero attached hydrogens (tertiary/aromatic N) is 4. The van der Waals surface area contributed by atoms with Gasteiger partial charge in [-0.1, -0.05) is 0 Å². The van der Waals surface area contributed by atoms with Crippen LogP contribution >= 0.6 is 0 Å². The number of rotatable bonds is 5. The van der Waals surface area contributed by atoms with Gasteiger partial charge in [0.25, 0.3) is 0 Å². The van der Waals surface area contributed by atoms with Gasteiger partial charge < -0.3 is 5.11 Å². The second-order valence-corrected chi connectivity index (χ2v) is 4.15. The topological polar surface area (TPSA) is 110 Å². The van der Waals surface area contributed by atoms with Crippen molar-refractivity contribution < 1.29 is 9.90 Å². The fraction of sp³-hybridized carbons (Fsp3) is 0.700. The normalized spacial score (nSPS) is 15.1. The molecular weight excluding hydrogens is 208 g/mol. The zero-order chi connectivity index (χ0) is 12.8. The molecule has 1 atom stereocenters. The first-order valence-corrected chi connectivity index (χ1v) is 4.73. The third kappa shape index (κ3) is 5.06. The largest absolute Gasteiger partial charge is 0.481 e. The van der Waals surface area contributed by atoms with Crippen molar-refractivity contribution in [1.29, 1.82) is 10.5 Å². The minimum Gasteiger partial charge on any atom is -0.481 e. The van der Waals surface area contributed by atoms with E-state index in [0.717, 1.165) is 0 Å². The Morgan fingerprint density at radius 2 is 1.81 bits per heavy atom. The maximum atomic E-state index is 10.4. The molecule has 0 spiro atoms. The summed E-state index contributed by atoms with van der Waals surface area (Å²) in [6, 6.07) is 3.81. The van der Waals surface area contributed by atoms with Crippen molar-refractivity contribution in [3.05, 3.63) is 0 Å². The molecule has 0 unspecified atom stereocenters. The van der Waals surface area contributed by atoms with Crippen LogP contribution in [0.15, 0.2) is 10.2 Å². The average molecular weight is 222 g/mol. The van der Waals surface area contributed by atoms with Gasteiger partial charge in [-0.15, -0.1) is 0 Å². The van der Waals surface area contributed by atoms with Gasteiger partial charge >= 0.3 is 5.97 Å². The molecule has 0 aliphatic heterocycles. The zero-order valence-corrected chi connectivity index (χ0v) is 9.56. The predicted octanol–water partition coefficient (Wildman–Crippen LogP) is 1.89. The van der Waals surface area contributed by atoms with Crippen LogP contribution in [0, 0.1) is 22.7 Å². The minimum absolute atomic E-state index is 0.0733. The highest BCUT2D eigenvalue weighted by Gasteiger charge is 2.26.